The van der Waals surface area contributed by atoms with Gasteiger partial charge in [0.1, 0.15) is 16.4 Å². The summed E-state index contributed by atoms with van der Waals surface area (Å²) < 4.78 is 43.4. The van der Waals surface area contributed by atoms with Crippen molar-refractivity contribution in [1.82, 2.24) is 4.31 Å². The SMILES string of the molecule is COc1ccc(NC(=O)COc2ccc(Cl)cc2C)cc1S(=O)(=O)N1CCOCC1. The van der Waals surface area contributed by atoms with Crippen LogP contribution in [0.2, 0.25) is 5.02 Å². The molecule has 3 rings (SSSR count). The standard InChI is InChI=1S/C20H23ClN2O6S/c1-14-11-15(21)3-5-17(14)29-13-20(24)22-16-4-6-18(27-2)19(12-16)30(25,26)23-7-9-28-10-8-23/h3-6,11-12H,7-10,13H2,1-2H3,(H,22,24). The van der Waals surface area contributed by atoms with E-state index in [0.717, 1.165) is 5.56 Å². The number of nitrogens with one attached hydrogen (secondary N) is 1. The molecule has 0 atom stereocenters. The first-order valence-electron chi connectivity index (χ1n) is 9.26. The fourth-order valence-corrected chi connectivity index (χ4v) is 4.81. The van der Waals surface area contributed by atoms with Crippen molar-refractivity contribution < 1.29 is 27.4 Å². The van der Waals surface area contributed by atoms with Crippen LogP contribution >= 0.6 is 11.6 Å². The second-order valence-corrected chi connectivity index (χ2v) is 8.97. The Morgan fingerprint density at radius 2 is 1.87 bits per heavy atom. The van der Waals surface area contributed by atoms with E-state index >= 15 is 0 Å². The third kappa shape index (κ3) is 5.23. The Labute approximate surface area is 180 Å². The van der Waals surface area contributed by atoms with Gasteiger partial charge in [0.05, 0.1) is 20.3 Å². The minimum absolute atomic E-state index is 0.0147. The number of anilines is 1. The van der Waals surface area contributed by atoms with Crippen molar-refractivity contribution in [3.8, 4) is 11.5 Å². The lowest BCUT2D eigenvalue weighted by molar-refractivity contribution is -0.118. The van der Waals surface area contributed by atoms with Crippen LogP contribution < -0.4 is 14.8 Å². The van der Waals surface area contributed by atoms with Gasteiger partial charge in [-0.15, -0.1) is 0 Å². The number of sulfonamides is 1. The molecule has 0 radical (unpaired) electrons. The van der Waals surface area contributed by atoms with E-state index in [-0.39, 0.29) is 30.3 Å². The highest BCUT2D eigenvalue weighted by Crippen LogP contribution is 2.30. The van der Waals surface area contributed by atoms with Crippen LogP contribution in [0.25, 0.3) is 0 Å². The zero-order valence-electron chi connectivity index (χ0n) is 16.7. The number of nitrogens with zero attached hydrogens (tertiary/aromatic N) is 1. The summed E-state index contributed by atoms with van der Waals surface area (Å²) in [5, 5.41) is 3.24. The monoisotopic (exact) mass is 454 g/mol. The smallest absolute Gasteiger partial charge is 0.262 e. The number of methoxy groups -OCH3 is 1. The maximum atomic E-state index is 13.0. The summed E-state index contributed by atoms with van der Waals surface area (Å²) in [4.78, 5) is 12.3. The van der Waals surface area contributed by atoms with E-state index in [9.17, 15) is 13.2 Å². The summed E-state index contributed by atoms with van der Waals surface area (Å²) >= 11 is 5.91. The molecule has 0 aliphatic carbocycles. The van der Waals surface area contributed by atoms with Gasteiger partial charge in [-0.1, -0.05) is 11.6 Å². The molecular formula is C20H23ClN2O6S. The molecule has 0 aromatic heterocycles. The van der Waals surface area contributed by atoms with Gasteiger partial charge >= 0.3 is 0 Å². The number of aryl methyl sites for hydroxylation is 1. The number of hydrogen-bond donors (Lipinski definition) is 1. The first kappa shape index (κ1) is 22.4. The van der Waals surface area contributed by atoms with E-state index in [1.54, 1.807) is 24.3 Å². The van der Waals surface area contributed by atoms with E-state index in [1.165, 1.54) is 23.5 Å². The van der Waals surface area contributed by atoms with Gasteiger partial charge in [-0.3, -0.25) is 4.79 Å². The average Bonchev–Trinajstić information content (AvgIpc) is 2.73. The normalized spacial score (nSPS) is 14.9. The molecule has 10 heteroatoms. The molecule has 30 heavy (non-hydrogen) atoms. The molecule has 2 aromatic rings. The molecule has 1 aliphatic rings. The van der Waals surface area contributed by atoms with Crippen LogP contribution in [-0.2, 0) is 19.6 Å². The van der Waals surface area contributed by atoms with Crippen molar-refractivity contribution in [1.29, 1.82) is 0 Å². The maximum absolute atomic E-state index is 13.0. The molecule has 1 heterocycles. The summed E-state index contributed by atoms with van der Waals surface area (Å²) in [7, 11) is -2.40. The summed E-state index contributed by atoms with van der Waals surface area (Å²) in [6, 6.07) is 9.56. The number of carbonyl (C=O) groups excluding carboxylic acids is 1. The van der Waals surface area contributed by atoms with Gasteiger partial charge in [0.2, 0.25) is 10.0 Å². The number of amides is 1. The Morgan fingerprint density at radius 3 is 2.53 bits per heavy atom. The molecule has 1 aliphatic heterocycles. The first-order chi connectivity index (χ1) is 14.3. The van der Waals surface area contributed by atoms with Crippen molar-refractivity contribution in [3.05, 3.63) is 47.0 Å². The lowest BCUT2D eigenvalue weighted by atomic mass is 10.2. The van der Waals surface area contributed by atoms with Crippen LogP contribution in [0.1, 0.15) is 5.56 Å². The highest BCUT2D eigenvalue weighted by Gasteiger charge is 2.29. The Balaban J connectivity index is 1.73. The van der Waals surface area contributed by atoms with Crippen molar-refractivity contribution in [2.45, 2.75) is 11.8 Å². The maximum Gasteiger partial charge on any atom is 0.262 e. The zero-order valence-corrected chi connectivity index (χ0v) is 18.3. The van der Waals surface area contributed by atoms with Gasteiger partial charge in [0.25, 0.3) is 5.91 Å². The molecule has 2 aromatic carbocycles. The molecule has 0 bridgehead atoms. The van der Waals surface area contributed by atoms with E-state index in [0.29, 0.717) is 29.7 Å². The van der Waals surface area contributed by atoms with Gasteiger partial charge in [-0.2, -0.15) is 4.31 Å². The van der Waals surface area contributed by atoms with Crippen molar-refractivity contribution in [3.63, 3.8) is 0 Å². The number of benzene rings is 2. The minimum Gasteiger partial charge on any atom is -0.495 e. The van der Waals surface area contributed by atoms with Gasteiger partial charge < -0.3 is 19.5 Å². The van der Waals surface area contributed by atoms with Crippen molar-refractivity contribution in [2.75, 3.05) is 45.3 Å². The number of carbonyl (C=O) groups is 1. The third-order valence-electron chi connectivity index (χ3n) is 4.53. The van der Waals surface area contributed by atoms with Crippen LogP contribution in [0, 0.1) is 6.92 Å². The molecule has 162 valence electrons. The van der Waals surface area contributed by atoms with E-state index < -0.39 is 15.9 Å². The highest BCUT2D eigenvalue weighted by atomic mass is 35.5. The Kier molecular flexibility index (Phi) is 7.19. The highest BCUT2D eigenvalue weighted by molar-refractivity contribution is 7.89. The summed E-state index contributed by atoms with van der Waals surface area (Å²) in [6.45, 7) is 2.77. The minimum atomic E-state index is -3.79. The molecule has 0 spiro atoms. The largest absolute Gasteiger partial charge is 0.495 e. The second-order valence-electron chi connectivity index (χ2n) is 6.63. The van der Waals surface area contributed by atoms with Crippen LogP contribution in [0.15, 0.2) is 41.3 Å². The number of halogens is 1. The Hall–Kier alpha value is -2.33. The lowest BCUT2D eigenvalue weighted by Gasteiger charge is -2.26. The summed E-state index contributed by atoms with van der Waals surface area (Å²) in [5.41, 5.74) is 1.13. The summed E-state index contributed by atoms with van der Waals surface area (Å²) in [6.07, 6.45) is 0. The van der Waals surface area contributed by atoms with Gasteiger partial charge in [-0.25, -0.2) is 8.42 Å². The predicted octanol–water partition coefficient (Wildman–Crippen LogP) is 2.70. The molecule has 0 unspecified atom stereocenters. The number of hydrogen-bond acceptors (Lipinski definition) is 6. The number of morpholine rings is 1. The Bertz CT molecular complexity index is 1020. The number of ether oxygens (including phenoxy) is 3. The van der Waals surface area contributed by atoms with Crippen LogP contribution in [0.4, 0.5) is 5.69 Å². The van der Waals surface area contributed by atoms with Gasteiger partial charge in [0.15, 0.2) is 6.61 Å². The Morgan fingerprint density at radius 1 is 1.17 bits per heavy atom. The molecule has 0 saturated carbocycles. The van der Waals surface area contributed by atoms with Crippen LogP contribution in [0.5, 0.6) is 11.5 Å². The molecule has 1 amide bonds. The lowest BCUT2D eigenvalue weighted by Crippen LogP contribution is -2.40. The van der Waals surface area contributed by atoms with E-state index in [1.807, 2.05) is 6.92 Å². The third-order valence-corrected chi connectivity index (χ3v) is 6.69. The van der Waals surface area contributed by atoms with Gasteiger partial charge in [-0.05, 0) is 48.9 Å². The average molecular weight is 455 g/mol. The molecule has 1 N–H and O–H groups in total. The van der Waals surface area contributed by atoms with Gasteiger partial charge in [0, 0.05) is 23.8 Å². The molecule has 8 nitrogen and oxygen atoms in total. The van der Waals surface area contributed by atoms with Crippen LogP contribution in [0.3, 0.4) is 0 Å². The molecular weight excluding hydrogens is 432 g/mol. The topological polar surface area (TPSA) is 94.2 Å². The second kappa shape index (κ2) is 9.65. The molecule has 1 fully saturated rings. The predicted molar refractivity (Wildman–Crippen MR) is 113 cm³/mol. The summed E-state index contributed by atoms with van der Waals surface area (Å²) in [5.74, 6) is 0.316. The quantitative estimate of drug-likeness (QED) is 0.691. The van der Waals surface area contributed by atoms with Crippen molar-refractivity contribution in [2.24, 2.45) is 0 Å². The fourth-order valence-electron chi connectivity index (χ4n) is 3.00. The number of rotatable bonds is 7. The van der Waals surface area contributed by atoms with E-state index in [2.05, 4.69) is 5.32 Å². The fraction of sp³-hybridized carbons (Fsp3) is 0.350. The van der Waals surface area contributed by atoms with Crippen molar-refractivity contribution >= 4 is 33.2 Å². The van der Waals surface area contributed by atoms with E-state index in [4.69, 9.17) is 25.8 Å². The first-order valence-corrected chi connectivity index (χ1v) is 11.1. The zero-order chi connectivity index (χ0) is 21.7. The molecule has 1 saturated heterocycles. The van der Waals surface area contributed by atoms with Crippen LogP contribution in [-0.4, -0.2) is 58.7 Å².